The fourth-order valence-electron chi connectivity index (χ4n) is 3.85. The molecule has 1 aromatic rings. The maximum absolute atomic E-state index is 12.6. The lowest BCUT2D eigenvalue weighted by molar-refractivity contribution is -0.118. The van der Waals surface area contributed by atoms with Crippen LogP contribution < -0.4 is 4.90 Å². The third-order valence-corrected chi connectivity index (χ3v) is 5.72. The first-order valence-corrected chi connectivity index (χ1v) is 9.83. The monoisotopic (exact) mass is 377 g/mol. The molecule has 4 heteroatoms. The quantitative estimate of drug-likeness (QED) is 0.558. The summed E-state index contributed by atoms with van der Waals surface area (Å²) in [6, 6.07) is 5.74. The van der Waals surface area contributed by atoms with Crippen LogP contribution in [0.15, 0.2) is 18.2 Å². The molecule has 2 aliphatic rings. The molecule has 23 heavy (non-hydrogen) atoms. The van der Waals surface area contributed by atoms with Gasteiger partial charge in [0.05, 0.1) is 5.33 Å². The first-order chi connectivity index (χ1) is 11.2. The van der Waals surface area contributed by atoms with Crippen LogP contribution in [-0.2, 0) is 11.2 Å². The summed E-state index contributed by atoms with van der Waals surface area (Å²) in [4.78, 5) is 26.3. The smallest absolute Gasteiger partial charge is 0.227 e. The van der Waals surface area contributed by atoms with Crippen molar-refractivity contribution in [3.05, 3.63) is 29.3 Å². The van der Waals surface area contributed by atoms with Crippen LogP contribution in [0.2, 0.25) is 0 Å². The van der Waals surface area contributed by atoms with Crippen molar-refractivity contribution in [2.24, 2.45) is 5.92 Å². The summed E-state index contributed by atoms with van der Waals surface area (Å²) in [5.74, 6) is 1.08. The van der Waals surface area contributed by atoms with Crippen molar-refractivity contribution in [2.75, 3.05) is 16.8 Å². The topological polar surface area (TPSA) is 37.4 Å². The van der Waals surface area contributed by atoms with Gasteiger partial charge in [0.1, 0.15) is 0 Å². The van der Waals surface area contributed by atoms with Gasteiger partial charge in [-0.25, -0.2) is 0 Å². The number of anilines is 1. The second-order valence-corrected chi connectivity index (χ2v) is 7.30. The predicted molar refractivity (Wildman–Crippen MR) is 96.4 cm³/mol. The molecule has 1 aromatic carbocycles. The van der Waals surface area contributed by atoms with E-state index in [1.807, 2.05) is 23.1 Å². The minimum atomic E-state index is 0.0925. The largest absolute Gasteiger partial charge is 0.312 e. The maximum Gasteiger partial charge on any atom is 0.227 e. The highest BCUT2D eigenvalue weighted by atomic mass is 79.9. The van der Waals surface area contributed by atoms with E-state index >= 15 is 0 Å². The van der Waals surface area contributed by atoms with Crippen molar-refractivity contribution in [3.8, 4) is 0 Å². The molecule has 0 N–H and O–H groups in total. The number of nitrogens with zero attached hydrogens (tertiary/aromatic N) is 1. The Morgan fingerprint density at radius 3 is 2.70 bits per heavy atom. The van der Waals surface area contributed by atoms with E-state index in [1.165, 1.54) is 32.1 Å². The SMILES string of the molecule is O=C(CBr)c1ccc2c(c1)CCN2C(=O)CCC1CCCCC1. The Balaban J connectivity index is 1.62. The maximum atomic E-state index is 12.6. The van der Waals surface area contributed by atoms with Crippen molar-refractivity contribution < 1.29 is 9.59 Å². The van der Waals surface area contributed by atoms with E-state index < -0.39 is 0 Å². The molecule has 1 saturated carbocycles. The fourth-order valence-corrected chi connectivity index (χ4v) is 4.17. The molecule has 3 nitrogen and oxygen atoms in total. The fraction of sp³-hybridized carbons (Fsp3) is 0.579. The average Bonchev–Trinajstić information content (AvgIpc) is 3.03. The van der Waals surface area contributed by atoms with Crippen LogP contribution in [0.25, 0.3) is 0 Å². The van der Waals surface area contributed by atoms with E-state index in [1.54, 1.807) is 0 Å². The molecule has 0 radical (unpaired) electrons. The van der Waals surface area contributed by atoms with Crippen molar-refractivity contribution in [2.45, 2.75) is 51.4 Å². The highest BCUT2D eigenvalue weighted by Crippen LogP contribution is 2.32. The Morgan fingerprint density at radius 1 is 1.17 bits per heavy atom. The van der Waals surface area contributed by atoms with Gasteiger partial charge in [-0.05, 0) is 42.5 Å². The lowest BCUT2D eigenvalue weighted by Crippen LogP contribution is -2.29. The molecule has 0 unspecified atom stereocenters. The zero-order chi connectivity index (χ0) is 16.2. The van der Waals surface area contributed by atoms with Crippen molar-refractivity contribution in [1.82, 2.24) is 0 Å². The molecule has 0 atom stereocenters. The molecule has 1 aliphatic carbocycles. The third-order valence-electron chi connectivity index (χ3n) is 5.21. The van der Waals surface area contributed by atoms with E-state index in [0.29, 0.717) is 11.8 Å². The number of benzene rings is 1. The molecule has 0 bridgehead atoms. The van der Waals surface area contributed by atoms with Crippen LogP contribution in [0.4, 0.5) is 5.69 Å². The van der Waals surface area contributed by atoms with Crippen LogP contribution in [0.5, 0.6) is 0 Å². The van der Waals surface area contributed by atoms with Crippen molar-refractivity contribution in [1.29, 1.82) is 0 Å². The van der Waals surface area contributed by atoms with E-state index in [2.05, 4.69) is 15.9 Å². The van der Waals surface area contributed by atoms with Gasteiger partial charge < -0.3 is 4.90 Å². The van der Waals surface area contributed by atoms with E-state index in [0.717, 1.165) is 42.1 Å². The lowest BCUT2D eigenvalue weighted by atomic mass is 9.86. The third kappa shape index (κ3) is 3.85. The number of halogens is 1. The molecule has 0 aromatic heterocycles. The molecule has 124 valence electrons. The van der Waals surface area contributed by atoms with E-state index in [9.17, 15) is 9.59 Å². The van der Waals surface area contributed by atoms with Gasteiger partial charge in [-0.15, -0.1) is 0 Å². The number of amides is 1. The van der Waals surface area contributed by atoms with Crippen molar-refractivity contribution in [3.63, 3.8) is 0 Å². The molecule has 1 aliphatic heterocycles. The summed E-state index contributed by atoms with van der Waals surface area (Å²) in [6.45, 7) is 0.755. The van der Waals surface area contributed by atoms with Gasteiger partial charge in [0.15, 0.2) is 5.78 Å². The minimum Gasteiger partial charge on any atom is -0.312 e. The second-order valence-electron chi connectivity index (χ2n) is 6.74. The van der Waals surface area contributed by atoms with E-state index in [-0.39, 0.29) is 11.7 Å². The number of rotatable bonds is 5. The standard InChI is InChI=1S/C19H24BrNO2/c20-13-18(22)16-7-8-17-15(12-16)10-11-21(17)19(23)9-6-14-4-2-1-3-5-14/h7-8,12,14H,1-6,9-11,13H2. The first-order valence-electron chi connectivity index (χ1n) is 8.71. The van der Waals surface area contributed by atoms with Crippen LogP contribution in [0.3, 0.4) is 0 Å². The number of hydrogen-bond acceptors (Lipinski definition) is 2. The van der Waals surface area contributed by atoms with Gasteiger partial charge >= 0.3 is 0 Å². The predicted octanol–water partition coefficient (Wildman–Crippen LogP) is 4.51. The molecule has 0 spiro atoms. The van der Waals surface area contributed by atoms with E-state index in [4.69, 9.17) is 0 Å². The molecular formula is C19H24BrNO2. The summed E-state index contributed by atoms with van der Waals surface area (Å²) in [6.07, 6.45) is 9.15. The summed E-state index contributed by atoms with van der Waals surface area (Å²) < 4.78 is 0. The zero-order valence-electron chi connectivity index (χ0n) is 13.5. The molecule has 1 heterocycles. The highest BCUT2D eigenvalue weighted by molar-refractivity contribution is 9.09. The van der Waals surface area contributed by atoms with Gasteiger partial charge in [-0.2, -0.15) is 0 Å². The van der Waals surface area contributed by atoms with Gasteiger partial charge in [0, 0.05) is 24.2 Å². The number of Topliss-reactive ketones (excluding diaryl/α,β-unsaturated/α-hetero) is 1. The number of fused-ring (bicyclic) bond motifs is 1. The molecule has 0 saturated heterocycles. The van der Waals surface area contributed by atoms with Crippen LogP contribution in [0, 0.1) is 5.92 Å². The molecule has 1 fully saturated rings. The Morgan fingerprint density at radius 2 is 1.96 bits per heavy atom. The van der Waals surface area contributed by atoms with Crippen molar-refractivity contribution >= 4 is 33.3 Å². The summed E-state index contributed by atoms with van der Waals surface area (Å²) in [5, 5.41) is 0.343. The average molecular weight is 378 g/mol. The number of hydrogen-bond donors (Lipinski definition) is 0. The molecule has 3 rings (SSSR count). The Kier molecular flexibility index (Phi) is 5.52. The minimum absolute atomic E-state index is 0.0925. The number of carbonyl (C=O) groups excluding carboxylic acids is 2. The van der Waals surface area contributed by atoms with Crippen LogP contribution in [-0.4, -0.2) is 23.6 Å². The molecular weight excluding hydrogens is 354 g/mol. The Hall–Kier alpha value is -1.16. The summed E-state index contributed by atoms with van der Waals surface area (Å²) in [5.41, 5.74) is 2.87. The summed E-state index contributed by atoms with van der Waals surface area (Å²) >= 11 is 3.21. The van der Waals surface area contributed by atoms with Crippen LogP contribution >= 0.6 is 15.9 Å². The van der Waals surface area contributed by atoms with Gasteiger partial charge in [-0.1, -0.05) is 48.0 Å². The highest BCUT2D eigenvalue weighted by Gasteiger charge is 2.26. The summed E-state index contributed by atoms with van der Waals surface area (Å²) in [7, 11) is 0. The first kappa shape index (κ1) is 16.7. The Labute approximate surface area is 146 Å². The molecule has 1 amide bonds. The zero-order valence-corrected chi connectivity index (χ0v) is 15.1. The van der Waals surface area contributed by atoms with Gasteiger partial charge in [0.2, 0.25) is 5.91 Å². The number of carbonyl (C=O) groups is 2. The van der Waals surface area contributed by atoms with Gasteiger partial charge in [-0.3, -0.25) is 9.59 Å². The Bertz CT molecular complexity index is 593. The normalized spacial score (nSPS) is 18.0. The lowest BCUT2D eigenvalue weighted by Gasteiger charge is -2.23. The number of ketones is 1. The second kappa shape index (κ2) is 7.61. The van der Waals surface area contributed by atoms with Gasteiger partial charge in [0.25, 0.3) is 0 Å². The number of alkyl halides is 1. The van der Waals surface area contributed by atoms with Crippen LogP contribution in [0.1, 0.15) is 60.9 Å².